The van der Waals surface area contributed by atoms with E-state index in [1.165, 1.54) is 6.29 Å². The number of nitrogens with zero attached hydrogens (tertiary/aromatic N) is 1. The van der Waals surface area contributed by atoms with Gasteiger partial charge in [0.1, 0.15) is 6.04 Å². The van der Waals surface area contributed by atoms with Crippen molar-refractivity contribution in [3.63, 3.8) is 0 Å². The number of amides is 2. The Kier molecular flexibility index (Phi) is 9.11. The Hall–Kier alpha value is -2.53. The third-order valence-corrected chi connectivity index (χ3v) is 2.82. The summed E-state index contributed by atoms with van der Waals surface area (Å²) in [6.45, 7) is -0.290. The van der Waals surface area contributed by atoms with Crippen LogP contribution in [0.4, 0.5) is 0 Å². The van der Waals surface area contributed by atoms with Gasteiger partial charge in [-0.15, -0.1) is 0 Å². The highest BCUT2D eigenvalue weighted by Gasteiger charge is 2.33. The summed E-state index contributed by atoms with van der Waals surface area (Å²) in [6, 6.07) is -2.72. The largest absolute Gasteiger partial charge is 0.481 e. The molecule has 0 bridgehead atoms. The minimum absolute atomic E-state index is 0.131. The summed E-state index contributed by atoms with van der Waals surface area (Å²) < 4.78 is 0. The van der Waals surface area contributed by atoms with E-state index in [-0.39, 0.29) is 12.4 Å². The van der Waals surface area contributed by atoms with Crippen LogP contribution in [-0.2, 0) is 19.2 Å². The van der Waals surface area contributed by atoms with Gasteiger partial charge in [-0.1, -0.05) is 0 Å². The second kappa shape index (κ2) is 10.2. The molecule has 23 heavy (non-hydrogen) atoms. The fourth-order valence-corrected chi connectivity index (χ4v) is 1.75. The second-order valence-corrected chi connectivity index (χ2v) is 4.63. The predicted molar refractivity (Wildman–Crippen MR) is 79.8 cm³/mol. The Labute approximate surface area is 132 Å². The van der Waals surface area contributed by atoms with E-state index in [1.54, 1.807) is 0 Å². The molecule has 129 valence electrons. The molecule has 0 spiro atoms. The molecule has 0 saturated carbocycles. The molecule has 0 fully saturated rings. The zero-order valence-electron chi connectivity index (χ0n) is 12.4. The molecule has 0 rings (SSSR count). The van der Waals surface area contributed by atoms with Gasteiger partial charge in [0, 0.05) is 6.54 Å². The first-order valence-corrected chi connectivity index (χ1v) is 6.73. The SMILES string of the molecule is N=C(N)NCCC[C@H](N)C(=O)N(C(=O)CN)[C@H]([C]=O)CC(=O)O. The van der Waals surface area contributed by atoms with E-state index < -0.39 is 42.8 Å². The van der Waals surface area contributed by atoms with Gasteiger partial charge in [0.2, 0.25) is 18.1 Å². The number of hydrogen-bond donors (Lipinski definition) is 6. The number of aliphatic carboxylic acids is 1. The van der Waals surface area contributed by atoms with Crippen LogP contribution in [0, 0.1) is 5.41 Å². The first kappa shape index (κ1) is 20.5. The van der Waals surface area contributed by atoms with Gasteiger partial charge >= 0.3 is 5.97 Å². The van der Waals surface area contributed by atoms with Crippen molar-refractivity contribution in [3.8, 4) is 0 Å². The van der Waals surface area contributed by atoms with E-state index in [1.807, 2.05) is 0 Å². The summed E-state index contributed by atoms with van der Waals surface area (Å²) in [6.07, 6.45) is 1.07. The van der Waals surface area contributed by atoms with Gasteiger partial charge in [0.05, 0.1) is 19.0 Å². The van der Waals surface area contributed by atoms with Gasteiger partial charge in [-0.2, -0.15) is 0 Å². The Balaban J connectivity index is 4.91. The number of carboxylic acids is 1. The molecule has 9 N–H and O–H groups in total. The lowest BCUT2D eigenvalue weighted by atomic mass is 10.1. The molecule has 0 aromatic carbocycles. The number of carbonyl (C=O) groups is 3. The van der Waals surface area contributed by atoms with Crippen LogP contribution in [0.2, 0.25) is 0 Å². The summed E-state index contributed by atoms with van der Waals surface area (Å²) in [7, 11) is 0. The highest BCUT2D eigenvalue weighted by Crippen LogP contribution is 2.08. The molecule has 11 nitrogen and oxygen atoms in total. The molecule has 0 heterocycles. The average Bonchev–Trinajstić information content (AvgIpc) is 2.49. The monoisotopic (exact) mass is 329 g/mol. The minimum atomic E-state index is -1.59. The number of carbonyl (C=O) groups excluding carboxylic acids is 3. The maximum atomic E-state index is 12.2. The highest BCUT2D eigenvalue weighted by atomic mass is 16.4. The lowest BCUT2D eigenvalue weighted by Crippen LogP contribution is -2.54. The minimum Gasteiger partial charge on any atom is -0.481 e. The summed E-state index contributed by atoms with van der Waals surface area (Å²) in [5.41, 5.74) is 15.9. The van der Waals surface area contributed by atoms with Crippen molar-refractivity contribution in [2.75, 3.05) is 13.1 Å². The first-order chi connectivity index (χ1) is 10.7. The van der Waals surface area contributed by atoms with Crippen LogP contribution < -0.4 is 22.5 Å². The molecule has 1 radical (unpaired) electrons. The molecule has 0 aromatic heterocycles. The number of nitrogens with one attached hydrogen (secondary N) is 2. The van der Waals surface area contributed by atoms with Crippen LogP contribution in [0.15, 0.2) is 0 Å². The van der Waals surface area contributed by atoms with Gasteiger partial charge in [-0.3, -0.25) is 29.5 Å². The third kappa shape index (κ3) is 7.33. The topological polar surface area (TPSA) is 206 Å². The maximum Gasteiger partial charge on any atom is 0.305 e. The van der Waals surface area contributed by atoms with Crippen LogP contribution in [0.25, 0.3) is 0 Å². The molecular formula is C12H21N6O5. The Bertz CT molecular complexity index is 469. The normalized spacial score (nSPS) is 12.8. The summed E-state index contributed by atoms with van der Waals surface area (Å²) in [5.74, 6) is -3.43. The van der Waals surface area contributed by atoms with Crippen LogP contribution in [0.1, 0.15) is 19.3 Å². The van der Waals surface area contributed by atoms with Gasteiger partial charge in [-0.25, -0.2) is 0 Å². The molecule has 11 heteroatoms. The van der Waals surface area contributed by atoms with Crippen molar-refractivity contribution in [2.45, 2.75) is 31.3 Å². The van der Waals surface area contributed by atoms with E-state index in [4.69, 9.17) is 27.7 Å². The van der Waals surface area contributed by atoms with E-state index in [0.29, 0.717) is 17.9 Å². The Morgan fingerprint density at radius 1 is 1.35 bits per heavy atom. The second-order valence-electron chi connectivity index (χ2n) is 4.63. The van der Waals surface area contributed by atoms with Crippen LogP contribution in [0.5, 0.6) is 0 Å². The van der Waals surface area contributed by atoms with E-state index in [2.05, 4.69) is 5.32 Å². The number of nitrogens with two attached hydrogens (primary N) is 3. The lowest BCUT2D eigenvalue weighted by molar-refractivity contribution is -0.147. The van der Waals surface area contributed by atoms with Gasteiger partial charge in [-0.05, 0) is 12.8 Å². The molecule has 2 atom stereocenters. The quantitative estimate of drug-likeness (QED) is 0.136. The zero-order chi connectivity index (χ0) is 18.0. The lowest BCUT2D eigenvalue weighted by Gasteiger charge is -2.27. The number of rotatable bonds is 10. The fourth-order valence-electron chi connectivity index (χ4n) is 1.75. The molecule has 2 amide bonds. The summed E-state index contributed by atoms with van der Waals surface area (Å²) in [4.78, 5) is 46.0. The van der Waals surface area contributed by atoms with Crippen LogP contribution in [0.3, 0.4) is 0 Å². The molecule has 0 aliphatic rings. The van der Waals surface area contributed by atoms with Crippen molar-refractivity contribution in [3.05, 3.63) is 0 Å². The molecule has 0 aromatic rings. The molecule has 0 saturated heterocycles. The predicted octanol–water partition coefficient (Wildman–Crippen LogP) is -3.16. The van der Waals surface area contributed by atoms with E-state index in [9.17, 15) is 19.2 Å². The number of imide groups is 1. The van der Waals surface area contributed by atoms with Crippen molar-refractivity contribution < 1.29 is 24.3 Å². The summed E-state index contributed by atoms with van der Waals surface area (Å²) >= 11 is 0. The first-order valence-electron chi connectivity index (χ1n) is 6.73. The van der Waals surface area contributed by atoms with Crippen molar-refractivity contribution in [1.82, 2.24) is 10.2 Å². The van der Waals surface area contributed by atoms with Crippen molar-refractivity contribution in [1.29, 1.82) is 5.41 Å². The van der Waals surface area contributed by atoms with Gasteiger partial charge in [0.15, 0.2) is 5.96 Å². The third-order valence-electron chi connectivity index (χ3n) is 2.82. The number of guanidine groups is 1. The maximum absolute atomic E-state index is 12.2. The molecular weight excluding hydrogens is 308 g/mol. The number of hydrogen-bond acceptors (Lipinski definition) is 7. The standard InChI is InChI=1S/C12H21N6O5/c13-5-9(20)18(7(6-19)4-10(21)22)11(23)8(14)2-1-3-17-12(15)16/h7-8H,1-5,13-14H2,(H,21,22)(H4,15,16,17)/t7-,8-/m0/s1. The summed E-state index contributed by atoms with van der Waals surface area (Å²) in [5, 5.41) is 18.2. The van der Waals surface area contributed by atoms with E-state index in [0.717, 1.165) is 0 Å². The van der Waals surface area contributed by atoms with Gasteiger partial charge in [0.25, 0.3) is 0 Å². The fraction of sp³-hybridized carbons (Fsp3) is 0.583. The van der Waals surface area contributed by atoms with E-state index >= 15 is 0 Å². The smallest absolute Gasteiger partial charge is 0.305 e. The Morgan fingerprint density at radius 2 is 1.96 bits per heavy atom. The molecule has 0 aliphatic heterocycles. The van der Waals surface area contributed by atoms with Crippen molar-refractivity contribution in [2.24, 2.45) is 17.2 Å². The van der Waals surface area contributed by atoms with Crippen LogP contribution >= 0.6 is 0 Å². The zero-order valence-corrected chi connectivity index (χ0v) is 12.4. The molecule has 0 unspecified atom stereocenters. The number of carboxylic acid groups (broad SMARTS) is 1. The van der Waals surface area contributed by atoms with Crippen LogP contribution in [-0.4, -0.2) is 65.2 Å². The average molecular weight is 329 g/mol. The van der Waals surface area contributed by atoms with Crippen molar-refractivity contribution >= 4 is 30.0 Å². The van der Waals surface area contributed by atoms with Gasteiger partial charge < -0.3 is 27.6 Å². The molecule has 0 aliphatic carbocycles. The Morgan fingerprint density at radius 3 is 2.39 bits per heavy atom. The highest BCUT2D eigenvalue weighted by molar-refractivity contribution is 6.01.